The van der Waals surface area contributed by atoms with Crippen LogP contribution in [0, 0.1) is 0 Å². The Hall–Kier alpha value is -3.12. The Bertz CT molecular complexity index is 1030. The van der Waals surface area contributed by atoms with Crippen LogP contribution in [0.1, 0.15) is 17.5 Å². The first-order valence-corrected chi connectivity index (χ1v) is 11.7. The second kappa shape index (κ2) is 10.6. The van der Waals surface area contributed by atoms with E-state index in [0.29, 0.717) is 25.5 Å². The van der Waals surface area contributed by atoms with Gasteiger partial charge in [0.2, 0.25) is 5.95 Å². The lowest BCUT2D eigenvalue weighted by Gasteiger charge is -2.33. The highest BCUT2D eigenvalue weighted by molar-refractivity contribution is 5.89. The van der Waals surface area contributed by atoms with Crippen molar-refractivity contribution in [3.63, 3.8) is 0 Å². The standard InChI is InChI=1S/C23H31F3N8O/c1-27-21-28-7-5-20(31-21)34-8-6-18(15-34)30-22(35)29-17-4-3-16(19(13-17)23(24,25)26)14-33-11-9-32(2)10-12-33/h3-5,7,13,18H,6,8-12,14-15H2,1-2H3,(H,27,28,31)(H2,29,30,35). The van der Waals surface area contributed by atoms with E-state index in [2.05, 4.69) is 30.8 Å². The van der Waals surface area contributed by atoms with Gasteiger partial charge in [-0.3, -0.25) is 4.90 Å². The molecule has 1 unspecified atom stereocenters. The van der Waals surface area contributed by atoms with Crippen molar-refractivity contribution in [1.82, 2.24) is 25.1 Å². The molecule has 0 aliphatic carbocycles. The van der Waals surface area contributed by atoms with E-state index in [-0.39, 0.29) is 23.8 Å². The highest BCUT2D eigenvalue weighted by Crippen LogP contribution is 2.34. The summed E-state index contributed by atoms with van der Waals surface area (Å²) in [7, 11) is 3.74. The molecule has 1 atom stereocenters. The highest BCUT2D eigenvalue weighted by atomic mass is 19.4. The molecule has 1 aromatic carbocycles. The third-order valence-corrected chi connectivity index (χ3v) is 6.37. The van der Waals surface area contributed by atoms with Gasteiger partial charge < -0.3 is 25.8 Å². The molecule has 12 heteroatoms. The van der Waals surface area contributed by atoms with Gasteiger partial charge in [0.15, 0.2) is 0 Å². The van der Waals surface area contributed by atoms with Crippen LogP contribution in [-0.2, 0) is 12.7 Å². The number of amides is 2. The Morgan fingerprint density at radius 3 is 2.63 bits per heavy atom. The van der Waals surface area contributed by atoms with Gasteiger partial charge in [-0.25, -0.2) is 9.78 Å². The number of nitrogens with zero attached hydrogens (tertiary/aromatic N) is 5. The van der Waals surface area contributed by atoms with E-state index >= 15 is 0 Å². The van der Waals surface area contributed by atoms with Crippen LogP contribution in [0.15, 0.2) is 30.5 Å². The molecule has 3 N–H and O–H groups in total. The fraction of sp³-hybridized carbons (Fsp3) is 0.522. The maximum atomic E-state index is 13.8. The molecule has 0 saturated carbocycles. The van der Waals surface area contributed by atoms with Gasteiger partial charge in [0.05, 0.1) is 5.56 Å². The average molecular weight is 493 g/mol. The van der Waals surface area contributed by atoms with Crippen molar-refractivity contribution in [2.24, 2.45) is 0 Å². The first-order valence-electron chi connectivity index (χ1n) is 11.7. The van der Waals surface area contributed by atoms with E-state index in [1.165, 1.54) is 12.1 Å². The lowest BCUT2D eigenvalue weighted by molar-refractivity contribution is -0.138. The highest BCUT2D eigenvalue weighted by Gasteiger charge is 2.34. The number of nitrogens with one attached hydrogen (secondary N) is 3. The number of carbonyl (C=O) groups excluding carboxylic acids is 1. The average Bonchev–Trinajstić information content (AvgIpc) is 3.29. The molecule has 2 aromatic rings. The lowest BCUT2D eigenvalue weighted by Crippen LogP contribution is -2.44. The van der Waals surface area contributed by atoms with Crippen LogP contribution in [0.3, 0.4) is 0 Å². The Morgan fingerprint density at radius 1 is 1.14 bits per heavy atom. The van der Waals surface area contributed by atoms with Crippen LogP contribution in [-0.4, -0.2) is 85.2 Å². The zero-order chi connectivity index (χ0) is 25.0. The Kier molecular flexibility index (Phi) is 7.60. The van der Waals surface area contributed by atoms with E-state index in [1.54, 1.807) is 19.3 Å². The van der Waals surface area contributed by atoms with Crippen LogP contribution in [0.2, 0.25) is 0 Å². The summed E-state index contributed by atoms with van der Waals surface area (Å²) in [6.45, 7) is 4.57. The van der Waals surface area contributed by atoms with Crippen molar-refractivity contribution in [3.05, 3.63) is 41.6 Å². The van der Waals surface area contributed by atoms with Crippen molar-refractivity contribution in [2.45, 2.75) is 25.2 Å². The Labute approximate surface area is 202 Å². The second-order valence-electron chi connectivity index (χ2n) is 8.97. The number of halogens is 3. The molecule has 1 aromatic heterocycles. The number of rotatable bonds is 6. The minimum Gasteiger partial charge on any atom is -0.357 e. The smallest absolute Gasteiger partial charge is 0.357 e. The zero-order valence-corrected chi connectivity index (χ0v) is 19.9. The number of anilines is 3. The molecule has 2 amide bonds. The lowest BCUT2D eigenvalue weighted by atomic mass is 10.0. The van der Waals surface area contributed by atoms with Gasteiger partial charge in [0, 0.05) is 70.8 Å². The van der Waals surface area contributed by atoms with Crippen molar-refractivity contribution < 1.29 is 18.0 Å². The molecule has 0 spiro atoms. The quantitative estimate of drug-likeness (QED) is 0.572. The predicted molar refractivity (Wildman–Crippen MR) is 129 cm³/mol. The number of aromatic nitrogens is 2. The number of benzene rings is 1. The van der Waals surface area contributed by atoms with Crippen LogP contribution in [0.4, 0.5) is 35.4 Å². The van der Waals surface area contributed by atoms with Gasteiger partial charge in [0.1, 0.15) is 5.82 Å². The summed E-state index contributed by atoms with van der Waals surface area (Å²) in [5.41, 5.74) is -0.392. The van der Waals surface area contributed by atoms with E-state index in [1.807, 2.05) is 16.8 Å². The summed E-state index contributed by atoms with van der Waals surface area (Å²) >= 11 is 0. The van der Waals surface area contributed by atoms with Crippen LogP contribution >= 0.6 is 0 Å². The molecule has 2 aliphatic rings. The molecular weight excluding hydrogens is 461 g/mol. The van der Waals surface area contributed by atoms with Crippen molar-refractivity contribution in [2.75, 3.05) is 68.9 Å². The monoisotopic (exact) mass is 492 g/mol. The van der Waals surface area contributed by atoms with E-state index in [0.717, 1.165) is 38.1 Å². The number of hydrogen-bond donors (Lipinski definition) is 3. The fourth-order valence-corrected chi connectivity index (χ4v) is 4.39. The number of urea groups is 1. The third kappa shape index (κ3) is 6.51. The maximum absolute atomic E-state index is 13.8. The molecule has 4 rings (SSSR count). The second-order valence-corrected chi connectivity index (χ2v) is 8.97. The summed E-state index contributed by atoms with van der Waals surface area (Å²) in [6.07, 6.45) is -2.15. The van der Waals surface area contributed by atoms with Crippen LogP contribution < -0.4 is 20.9 Å². The van der Waals surface area contributed by atoms with Crippen molar-refractivity contribution in [1.29, 1.82) is 0 Å². The maximum Gasteiger partial charge on any atom is 0.416 e. The number of alkyl halides is 3. The molecular formula is C23H31F3N8O. The molecule has 3 heterocycles. The molecule has 2 fully saturated rings. The molecule has 9 nitrogen and oxygen atoms in total. The number of piperazine rings is 1. The van der Waals surface area contributed by atoms with Gasteiger partial charge in [-0.2, -0.15) is 18.2 Å². The first-order chi connectivity index (χ1) is 16.7. The van der Waals surface area contributed by atoms with E-state index < -0.39 is 17.8 Å². The Balaban J connectivity index is 1.36. The van der Waals surface area contributed by atoms with Crippen molar-refractivity contribution in [3.8, 4) is 0 Å². The molecule has 190 valence electrons. The summed E-state index contributed by atoms with van der Waals surface area (Å²) in [6, 6.07) is 5.12. The molecule has 2 saturated heterocycles. The number of carbonyl (C=O) groups is 1. The molecule has 0 bridgehead atoms. The first kappa shape index (κ1) is 25.0. The third-order valence-electron chi connectivity index (χ3n) is 6.37. The van der Waals surface area contributed by atoms with Crippen molar-refractivity contribution >= 4 is 23.5 Å². The van der Waals surface area contributed by atoms with Crippen LogP contribution in [0.5, 0.6) is 0 Å². The fourth-order valence-electron chi connectivity index (χ4n) is 4.39. The summed E-state index contributed by atoms with van der Waals surface area (Å²) < 4.78 is 41.4. The van der Waals surface area contributed by atoms with E-state index in [4.69, 9.17) is 0 Å². The van der Waals surface area contributed by atoms with Gasteiger partial charge in [-0.15, -0.1) is 0 Å². The largest absolute Gasteiger partial charge is 0.416 e. The van der Waals surface area contributed by atoms with Gasteiger partial charge >= 0.3 is 12.2 Å². The minimum atomic E-state index is -4.51. The topological polar surface area (TPSA) is 88.7 Å². The van der Waals surface area contributed by atoms with Crippen LogP contribution in [0.25, 0.3) is 0 Å². The molecule has 0 radical (unpaired) electrons. The summed E-state index contributed by atoms with van der Waals surface area (Å²) in [4.78, 5) is 27.2. The van der Waals surface area contributed by atoms with E-state index in [9.17, 15) is 18.0 Å². The SMILES string of the molecule is CNc1nccc(N2CCC(NC(=O)Nc3ccc(CN4CCN(C)CC4)c(C(F)(F)F)c3)C2)n1. The number of likely N-dealkylation sites (N-methyl/N-ethyl adjacent to an activating group) is 1. The minimum absolute atomic E-state index is 0.112. The van der Waals surface area contributed by atoms with Gasteiger partial charge in [0.25, 0.3) is 0 Å². The Morgan fingerprint density at radius 2 is 1.91 bits per heavy atom. The normalized spacial score (nSPS) is 19.6. The number of hydrogen-bond acceptors (Lipinski definition) is 7. The molecule has 35 heavy (non-hydrogen) atoms. The van der Waals surface area contributed by atoms with Gasteiger partial charge in [-0.05, 0) is 37.2 Å². The molecule has 2 aliphatic heterocycles. The summed E-state index contributed by atoms with van der Waals surface area (Å²) in [5, 5.41) is 8.31. The van der Waals surface area contributed by atoms with Gasteiger partial charge in [-0.1, -0.05) is 6.07 Å². The summed E-state index contributed by atoms with van der Waals surface area (Å²) in [5.74, 6) is 1.26. The predicted octanol–water partition coefficient (Wildman–Crippen LogP) is 2.68. The zero-order valence-electron chi connectivity index (χ0n) is 19.9.